The van der Waals surface area contributed by atoms with Gasteiger partial charge in [0.1, 0.15) is 5.82 Å². The Morgan fingerprint density at radius 2 is 2.21 bits per heavy atom. The molecule has 0 radical (unpaired) electrons. The summed E-state index contributed by atoms with van der Waals surface area (Å²) in [4.78, 5) is 7.20. The second-order valence-corrected chi connectivity index (χ2v) is 5.78. The summed E-state index contributed by atoms with van der Waals surface area (Å²) in [5.41, 5.74) is 2.75. The maximum absolute atomic E-state index is 4.79. The Kier molecular flexibility index (Phi) is 4.99. The first-order valence-corrected chi connectivity index (χ1v) is 7.61. The van der Waals surface area contributed by atoms with Crippen LogP contribution in [0.2, 0.25) is 0 Å². The molecule has 0 bridgehead atoms. The molecule has 0 unspecified atom stereocenters. The molecule has 1 aromatic rings. The minimum absolute atomic E-state index is 0.631. The number of imidazole rings is 1. The maximum Gasteiger partial charge on any atom is 0.108 e. The number of aromatic nitrogens is 2. The molecule has 0 fully saturated rings. The third kappa shape index (κ3) is 3.37. The lowest BCUT2D eigenvalue weighted by Gasteiger charge is -2.22. The molecule has 1 aliphatic heterocycles. The normalized spacial score (nSPS) is 15.3. The molecule has 108 valence electrons. The number of rotatable bonds is 6. The second-order valence-electron chi connectivity index (χ2n) is 5.78. The van der Waals surface area contributed by atoms with E-state index in [0.29, 0.717) is 6.04 Å². The van der Waals surface area contributed by atoms with Crippen molar-refractivity contribution in [2.75, 3.05) is 20.1 Å². The number of nitrogens with one attached hydrogen (secondary N) is 1. The fourth-order valence-electron chi connectivity index (χ4n) is 2.70. The largest absolute Gasteiger partial charge is 0.332 e. The van der Waals surface area contributed by atoms with Gasteiger partial charge in [0.05, 0.1) is 5.69 Å². The van der Waals surface area contributed by atoms with E-state index < -0.39 is 0 Å². The van der Waals surface area contributed by atoms with Gasteiger partial charge in [-0.3, -0.25) is 0 Å². The second kappa shape index (κ2) is 6.53. The molecule has 4 nitrogen and oxygen atoms in total. The Morgan fingerprint density at radius 3 is 2.89 bits per heavy atom. The van der Waals surface area contributed by atoms with Crippen LogP contribution >= 0.6 is 0 Å². The lowest BCUT2D eigenvalue weighted by Crippen LogP contribution is -2.28. The van der Waals surface area contributed by atoms with Crippen LogP contribution in [0.1, 0.15) is 44.4 Å². The van der Waals surface area contributed by atoms with Crippen LogP contribution in [-0.4, -0.2) is 40.6 Å². The first-order valence-electron chi connectivity index (χ1n) is 7.61. The van der Waals surface area contributed by atoms with Crippen LogP contribution in [0.4, 0.5) is 0 Å². The topological polar surface area (TPSA) is 33.1 Å². The smallest absolute Gasteiger partial charge is 0.108 e. The molecule has 0 aliphatic carbocycles. The van der Waals surface area contributed by atoms with Crippen molar-refractivity contribution in [3.05, 3.63) is 17.2 Å². The summed E-state index contributed by atoms with van der Waals surface area (Å²) in [6, 6.07) is 0.631. The Morgan fingerprint density at radius 1 is 1.42 bits per heavy atom. The zero-order chi connectivity index (χ0) is 13.8. The monoisotopic (exact) mass is 264 g/mol. The summed E-state index contributed by atoms with van der Waals surface area (Å²) in [6.07, 6.45) is 3.37. The Balaban J connectivity index is 2.01. The van der Waals surface area contributed by atoms with Crippen LogP contribution in [-0.2, 0) is 25.9 Å². The summed E-state index contributed by atoms with van der Waals surface area (Å²) in [6.45, 7) is 11.0. The molecule has 0 saturated carbocycles. The summed E-state index contributed by atoms with van der Waals surface area (Å²) in [5, 5.41) is 3.41. The van der Waals surface area contributed by atoms with E-state index in [1.54, 1.807) is 0 Å². The quantitative estimate of drug-likeness (QED) is 0.851. The van der Waals surface area contributed by atoms with Gasteiger partial charge in [-0.1, -0.05) is 6.92 Å². The van der Waals surface area contributed by atoms with E-state index in [-0.39, 0.29) is 0 Å². The minimum Gasteiger partial charge on any atom is -0.332 e. The molecule has 1 aliphatic rings. The zero-order valence-corrected chi connectivity index (χ0v) is 12.9. The zero-order valence-electron chi connectivity index (χ0n) is 12.9. The molecule has 2 rings (SSSR count). The highest BCUT2D eigenvalue weighted by molar-refractivity contribution is 5.20. The van der Waals surface area contributed by atoms with Crippen LogP contribution in [0.15, 0.2) is 0 Å². The molecule has 2 heterocycles. The fraction of sp³-hybridized carbons (Fsp3) is 0.800. The Labute approximate surface area is 117 Å². The van der Waals surface area contributed by atoms with Gasteiger partial charge in [-0.2, -0.15) is 0 Å². The van der Waals surface area contributed by atoms with Gasteiger partial charge < -0.3 is 14.8 Å². The number of hydrogen-bond donors (Lipinski definition) is 1. The molecule has 0 spiro atoms. The van der Waals surface area contributed by atoms with E-state index in [1.165, 1.54) is 23.6 Å². The van der Waals surface area contributed by atoms with Crippen molar-refractivity contribution >= 4 is 0 Å². The van der Waals surface area contributed by atoms with E-state index in [2.05, 4.69) is 42.6 Å². The first kappa shape index (κ1) is 14.5. The molecule has 1 aromatic heterocycles. The summed E-state index contributed by atoms with van der Waals surface area (Å²) < 4.78 is 2.48. The van der Waals surface area contributed by atoms with Crippen molar-refractivity contribution < 1.29 is 0 Å². The van der Waals surface area contributed by atoms with Gasteiger partial charge in [0.15, 0.2) is 0 Å². The summed E-state index contributed by atoms with van der Waals surface area (Å²) >= 11 is 0. The number of hydrogen-bond acceptors (Lipinski definition) is 3. The molecular weight excluding hydrogens is 236 g/mol. The van der Waals surface area contributed by atoms with Gasteiger partial charge in [-0.05, 0) is 33.9 Å². The van der Waals surface area contributed by atoms with Gasteiger partial charge >= 0.3 is 0 Å². The Bertz CT molecular complexity index is 409. The predicted octanol–water partition coefficient (Wildman–Crippen LogP) is 1.82. The van der Waals surface area contributed by atoms with Crippen LogP contribution in [0.25, 0.3) is 0 Å². The third-order valence-corrected chi connectivity index (χ3v) is 4.16. The summed E-state index contributed by atoms with van der Waals surface area (Å²) in [7, 11) is 2.21. The van der Waals surface area contributed by atoms with Crippen molar-refractivity contribution in [1.82, 2.24) is 19.8 Å². The highest BCUT2D eigenvalue weighted by atomic mass is 15.1. The number of aryl methyl sites for hydroxylation is 1. The van der Waals surface area contributed by atoms with E-state index in [4.69, 9.17) is 4.98 Å². The molecular formula is C15H28N4. The SMILES string of the molecule is CCc1nc2c(n1CCCN(C)C(C)C)CCNC2. The lowest BCUT2D eigenvalue weighted by molar-refractivity contribution is 0.264. The van der Waals surface area contributed by atoms with Crippen molar-refractivity contribution in [1.29, 1.82) is 0 Å². The van der Waals surface area contributed by atoms with Crippen LogP contribution in [0.5, 0.6) is 0 Å². The highest BCUT2D eigenvalue weighted by Gasteiger charge is 2.18. The number of fused-ring (bicyclic) bond motifs is 1. The van der Waals surface area contributed by atoms with Crippen molar-refractivity contribution in [3.63, 3.8) is 0 Å². The molecule has 0 amide bonds. The molecule has 4 heteroatoms. The van der Waals surface area contributed by atoms with Crippen molar-refractivity contribution in [2.24, 2.45) is 0 Å². The van der Waals surface area contributed by atoms with Crippen molar-refractivity contribution in [3.8, 4) is 0 Å². The highest BCUT2D eigenvalue weighted by Crippen LogP contribution is 2.17. The van der Waals surface area contributed by atoms with Gasteiger partial charge in [-0.25, -0.2) is 4.98 Å². The average Bonchev–Trinajstić information content (AvgIpc) is 2.76. The summed E-state index contributed by atoms with van der Waals surface area (Å²) in [5.74, 6) is 1.26. The van der Waals surface area contributed by atoms with Crippen LogP contribution < -0.4 is 5.32 Å². The lowest BCUT2D eigenvalue weighted by atomic mass is 10.2. The molecule has 19 heavy (non-hydrogen) atoms. The van der Waals surface area contributed by atoms with E-state index >= 15 is 0 Å². The Hall–Kier alpha value is -0.870. The van der Waals surface area contributed by atoms with Gasteiger partial charge in [-0.15, -0.1) is 0 Å². The van der Waals surface area contributed by atoms with Crippen LogP contribution in [0.3, 0.4) is 0 Å². The molecule has 0 saturated heterocycles. The molecule has 0 atom stereocenters. The van der Waals surface area contributed by atoms with E-state index in [9.17, 15) is 0 Å². The van der Waals surface area contributed by atoms with Crippen LogP contribution in [0, 0.1) is 0 Å². The predicted molar refractivity (Wildman–Crippen MR) is 79.4 cm³/mol. The average molecular weight is 264 g/mol. The van der Waals surface area contributed by atoms with Gasteiger partial charge in [0.2, 0.25) is 0 Å². The number of nitrogens with zero attached hydrogens (tertiary/aromatic N) is 3. The van der Waals surface area contributed by atoms with E-state index in [0.717, 1.165) is 39.0 Å². The van der Waals surface area contributed by atoms with Gasteiger partial charge in [0.25, 0.3) is 0 Å². The maximum atomic E-state index is 4.79. The van der Waals surface area contributed by atoms with Crippen molar-refractivity contribution in [2.45, 2.75) is 59.2 Å². The fourth-order valence-corrected chi connectivity index (χ4v) is 2.70. The first-order chi connectivity index (χ1) is 9.13. The molecule has 0 aromatic carbocycles. The third-order valence-electron chi connectivity index (χ3n) is 4.16. The standard InChI is InChI=1S/C15H28N4/c1-5-15-17-13-11-16-8-7-14(13)19(15)10-6-9-18(4)12(2)3/h12,16H,5-11H2,1-4H3. The molecule has 1 N–H and O–H groups in total. The van der Waals surface area contributed by atoms with E-state index in [1.807, 2.05) is 0 Å². The van der Waals surface area contributed by atoms with Gasteiger partial charge in [0, 0.05) is 44.2 Å². The minimum atomic E-state index is 0.631.